The van der Waals surface area contributed by atoms with Crippen molar-refractivity contribution in [2.24, 2.45) is 0 Å². The molecule has 1 heterocycles. The van der Waals surface area contributed by atoms with Crippen LogP contribution in [-0.4, -0.2) is 31.2 Å². The summed E-state index contributed by atoms with van der Waals surface area (Å²) in [7, 11) is 1.48. The summed E-state index contributed by atoms with van der Waals surface area (Å²) in [5.74, 6) is -0.169. The summed E-state index contributed by atoms with van der Waals surface area (Å²) in [6.07, 6.45) is 1.65. The van der Waals surface area contributed by atoms with Crippen molar-refractivity contribution in [2.75, 3.05) is 25.2 Å². The lowest BCUT2D eigenvalue weighted by Crippen LogP contribution is -2.33. The van der Waals surface area contributed by atoms with Crippen LogP contribution >= 0.6 is 34.5 Å². The van der Waals surface area contributed by atoms with Crippen molar-refractivity contribution >= 4 is 45.6 Å². The molecule has 0 atom stereocenters. The van der Waals surface area contributed by atoms with Gasteiger partial charge >= 0.3 is 0 Å². The number of halogens is 2. The third-order valence-corrected chi connectivity index (χ3v) is 4.42. The van der Waals surface area contributed by atoms with Crippen LogP contribution in [0.2, 0.25) is 10.0 Å². The molecule has 22 heavy (non-hydrogen) atoms. The van der Waals surface area contributed by atoms with Crippen molar-refractivity contribution < 1.29 is 9.53 Å². The lowest BCUT2D eigenvalue weighted by atomic mass is 10.2. The van der Waals surface area contributed by atoms with E-state index in [1.807, 2.05) is 11.4 Å². The second-order valence-electron chi connectivity index (χ2n) is 4.37. The van der Waals surface area contributed by atoms with Crippen LogP contribution in [0.5, 0.6) is 0 Å². The highest BCUT2D eigenvalue weighted by Crippen LogP contribution is 2.31. The molecule has 2 rings (SSSR count). The van der Waals surface area contributed by atoms with Gasteiger partial charge in [0.2, 0.25) is 0 Å². The maximum atomic E-state index is 12.1. The zero-order valence-electron chi connectivity index (χ0n) is 11.9. The summed E-state index contributed by atoms with van der Waals surface area (Å²) in [6, 6.07) is 5.30. The van der Waals surface area contributed by atoms with Crippen LogP contribution < -0.4 is 4.90 Å². The van der Waals surface area contributed by atoms with E-state index < -0.39 is 0 Å². The number of carbonyl (C=O) groups excluding carboxylic acids is 1. The number of nitrogens with zero attached hydrogens (tertiary/aromatic N) is 2. The molecule has 4 nitrogen and oxygen atoms in total. The second kappa shape index (κ2) is 7.74. The standard InChI is InChI=1S/C15H14Cl2N2O2S/c1-3-6-19(14(20)8-21-2)15-18-13(9-22-15)10-4-5-11(16)12(17)7-10/h3-5,7,9H,1,6,8H2,2H3. The molecule has 0 radical (unpaired) electrons. The molecule has 7 heteroatoms. The van der Waals surface area contributed by atoms with E-state index in [0.29, 0.717) is 21.7 Å². The number of anilines is 1. The molecular weight excluding hydrogens is 343 g/mol. The fourth-order valence-electron chi connectivity index (χ4n) is 1.79. The maximum absolute atomic E-state index is 12.1. The number of aromatic nitrogens is 1. The molecule has 1 amide bonds. The molecule has 116 valence electrons. The zero-order valence-corrected chi connectivity index (χ0v) is 14.2. The van der Waals surface area contributed by atoms with E-state index >= 15 is 0 Å². The van der Waals surface area contributed by atoms with Crippen LogP contribution in [0.25, 0.3) is 11.3 Å². The summed E-state index contributed by atoms with van der Waals surface area (Å²) in [6.45, 7) is 4.03. The summed E-state index contributed by atoms with van der Waals surface area (Å²) in [5, 5.41) is 3.41. The number of hydrogen-bond donors (Lipinski definition) is 0. The predicted octanol–water partition coefficient (Wildman–Crippen LogP) is 4.28. The van der Waals surface area contributed by atoms with E-state index in [1.54, 1.807) is 18.2 Å². The number of thiazole rings is 1. The Bertz CT molecular complexity index is 688. The highest BCUT2D eigenvalue weighted by Gasteiger charge is 2.18. The predicted molar refractivity (Wildman–Crippen MR) is 92.0 cm³/mol. The Morgan fingerprint density at radius 2 is 2.23 bits per heavy atom. The third-order valence-electron chi connectivity index (χ3n) is 2.82. The average molecular weight is 357 g/mol. The first-order valence-corrected chi connectivity index (χ1v) is 8.01. The number of hydrogen-bond acceptors (Lipinski definition) is 4. The first-order valence-electron chi connectivity index (χ1n) is 6.38. The van der Waals surface area contributed by atoms with Crippen molar-refractivity contribution in [3.63, 3.8) is 0 Å². The Balaban J connectivity index is 2.30. The zero-order chi connectivity index (χ0) is 16.1. The summed E-state index contributed by atoms with van der Waals surface area (Å²) in [4.78, 5) is 18.1. The molecule has 0 N–H and O–H groups in total. The van der Waals surface area contributed by atoms with Crippen LogP contribution in [0.1, 0.15) is 0 Å². The Hall–Kier alpha value is -1.40. The number of rotatable bonds is 6. The SMILES string of the molecule is C=CCN(C(=O)COC)c1nc(-c2ccc(Cl)c(Cl)c2)cs1. The quantitative estimate of drug-likeness (QED) is 0.725. The van der Waals surface area contributed by atoms with Crippen LogP contribution in [0.4, 0.5) is 5.13 Å². The van der Waals surface area contributed by atoms with Gasteiger partial charge in [-0.15, -0.1) is 17.9 Å². The van der Waals surface area contributed by atoms with E-state index in [-0.39, 0.29) is 12.5 Å². The molecule has 0 aliphatic carbocycles. The lowest BCUT2D eigenvalue weighted by Gasteiger charge is -2.17. The molecule has 2 aromatic rings. The molecular formula is C15H14Cl2N2O2S. The van der Waals surface area contributed by atoms with E-state index in [0.717, 1.165) is 11.3 Å². The topological polar surface area (TPSA) is 42.4 Å². The molecule has 0 fully saturated rings. The third kappa shape index (κ3) is 3.87. The Morgan fingerprint density at radius 3 is 2.86 bits per heavy atom. The highest BCUT2D eigenvalue weighted by molar-refractivity contribution is 7.14. The highest BCUT2D eigenvalue weighted by atomic mass is 35.5. The van der Waals surface area contributed by atoms with E-state index in [9.17, 15) is 4.79 Å². The number of amides is 1. The van der Waals surface area contributed by atoms with Gasteiger partial charge in [-0.1, -0.05) is 35.3 Å². The van der Waals surface area contributed by atoms with Gasteiger partial charge in [-0.2, -0.15) is 0 Å². The monoisotopic (exact) mass is 356 g/mol. The fraction of sp³-hybridized carbons (Fsp3) is 0.200. The van der Waals surface area contributed by atoms with Crippen molar-refractivity contribution in [3.05, 3.63) is 46.3 Å². The van der Waals surface area contributed by atoms with E-state index in [4.69, 9.17) is 27.9 Å². The molecule has 1 aromatic heterocycles. The van der Waals surface area contributed by atoms with Gasteiger partial charge in [-0.25, -0.2) is 4.98 Å². The van der Waals surface area contributed by atoms with Gasteiger partial charge in [-0.05, 0) is 12.1 Å². The van der Waals surface area contributed by atoms with Crippen LogP contribution in [-0.2, 0) is 9.53 Å². The number of methoxy groups -OCH3 is 1. The van der Waals surface area contributed by atoms with E-state index in [1.165, 1.54) is 23.3 Å². The number of ether oxygens (including phenoxy) is 1. The minimum absolute atomic E-state index is 0.00444. The van der Waals surface area contributed by atoms with Crippen LogP contribution in [0, 0.1) is 0 Å². The van der Waals surface area contributed by atoms with Crippen molar-refractivity contribution in [1.29, 1.82) is 0 Å². The minimum atomic E-state index is -0.169. The van der Waals surface area contributed by atoms with Gasteiger partial charge in [0.1, 0.15) is 6.61 Å². The summed E-state index contributed by atoms with van der Waals surface area (Å²) < 4.78 is 4.89. The molecule has 0 bridgehead atoms. The first-order chi connectivity index (χ1) is 10.6. The minimum Gasteiger partial charge on any atom is -0.375 e. The summed E-state index contributed by atoms with van der Waals surface area (Å²) in [5.41, 5.74) is 1.58. The smallest absolute Gasteiger partial charge is 0.255 e. The van der Waals surface area contributed by atoms with Gasteiger partial charge in [0.15, 0.2) is 5.13 Å². The fourth-order valence-corrected chi connectivity index (χ4v) is 2.95. The number of benzene rings is 1. The van der Waals surface area contributed by atoms with Crippen LogP contribution in [0.15, 0.2) is 36.2 Å². The molecule has 0 aliphatic heterocycles. The Morgan fingerprint density at radius 1 is 1.45 bits per heavy atom. The maximum Gasteiger partial charge on any atom is 0.255 e. The molecule has 0 saturated carbocycles. The molecule has 1 aromatic carbocycles. The van der Waals surface area contributed by atoms with Crippen molar-refractivity contribution in [3.8, 4) is 11.3 Å². The van der Waals surface area contributed by atoms with Gasteiger partial charge in [0, 0.05) is 24.6 Å². The second-order valence-corrected chi connectivity index (χ2v) is 6.02. The lowest BCUT2D eigenvalue weighted by molar-refractivity contribution is -0.122. The Labute approximate surface area is 142 Å². The van der Waals surface area contributed by atoms with E-state index in [2.05, 4.69) is 11.6 Å². The van der Waals surface area contributed by atoms with Crippen LogP contribution in [0.3, 0.4) is 0 Å². The molecule has 0 aliphatic rings. The average Bonchev–Trinajstić information content (AvgIpc) is 2.97. The van der Waals surface area contributed by atoms with Gasteiger partial charge in [-0.3, -0.25) is 9.69 Å². The molecule has 0 unspecified atom stereocenters. The van der Waals surface area contributed by atoms with Gasteiger partial charge in [0.25, 0.3) is 5.91 Å². The van der Waals surface area contributed by atoms with Gasteiger partial charge in [0.05, 0.1) is 15.7 Å². The number of carbonyl (C=O) groups is 1. The van der Waals surface area contributed by atoms with Gasteiger partial charge < -0.3 is 4.74 Å². The molecule has 0 spiro atoms. The largest absolute Gasteiger partial charge is 0.375 e. The van der Waals surface area contributed by atoms with Crippen molar-refractivity contribution in [1.82, 2.24) is 4.98 Å². The van der Waals surface area contributed by atoms with Crippen molar-refractivity contribution in [2.45, 2.75) is 0 Å². The summed E-state index contributed by atoms with van der Waals surface area (Å²) >= 11 is 13.3. The normalized spacial score (nSPS) is 10.5. The molecule has 0 saturated heterocycles. The Kier molecular flexibility index (Phi) is 5.97. The first kappa shape index (κ1) is 17.0.